The number of unbranched alkanes of at least 4 members (excludes halogenated alkanes) is 3. The van der Waals surface area contributed by atoms with Crippen molar-refractivity contribution in [2.75, 3.05) is 24.5 Å². The highest BCUT2D eigenvalue weighted by Gasteiger charge is 2.42. The van der Waals surface area contributed by atoms with Crippen molar-refractivity contribution in [3.63, 3.8) is 0 Å². The molecule has 1 saturated heterocycles. The number of rotatable bonds is 8. The summed E-state index contributed by atoms with van der Waals surface area (Å²) in [7, 11) is 0. The van der Waals surface area contributed by atoms with Crippen LogP contribution in [0.5, 0.6) is 5.88 Å². The van der Waals surface area contributed by atoms with Crippen LogP contribution in [0.4, 0.5) is 20.2 Å². The molecule has 0 saturated carbocycles. The van der Waals surface area contributed by atoms with E-state index in [0.29, 0.717) is 6.54 Å². The number of nitrogens with zero attached hydrogens (tertiary/aromatic N) is 3. The molecular weight excluding hydrogens is 438 g/mol. The summed E-state index contributed by atoms with van der Waals surface area (Å²) >= 11 is 0. The number of piperidine rings is 1. The van der Waals surface area contributed by atoms with Crippen LogP contribution in [0.15, 0.2) is 53.5 Å². The van der Waals surface area contributed by atoms with Crippen molar-refractivity contribution in [1.29, 1.82) is 0 Å². The van der Waals surface area contributed by atoms with Crippen LogP contribution in [0.1, 0.15) is 43.6 Å². The molecule has 5 rings (SSSR count). The molecule has 2 aliphatic heterocycles. The number of benzene rings is 2. The number of likely N-dealkylation sites (tertiary alicyclic amines) is 1. The van der Waals surface area contributed by atoms with Crippen LogP contribution in [0.2, 0.25) is 0 Å². The second-order valence-electron chi connectivity index (χ2n) is 9.33. The minimum absolute atomic E-state index is 0.0177. The summed E-state index contributed by atoms with van der Waals surface area (Å²) < 4.78 is 29.0. The quantitative estimate of drug-likeness (QED) is 0.469. The molecule has 6 nitrogen and oxygen atoms in total. The third-order valence-corrected chi connectivity index (χ3v) is 7.20. The lowest BCUT2D eigenvalue weighted by atomic mass is 9.88. The summed E-state index contributed by atoms with van der Waals surface area (Å²) in [4.78, 5) is 18.8. The SMILES string of the molecule is O=c1[nH]cc(O)n1CCCCCCN1CCC2C(C1)c1cc(F)ccc1N2c1ccc(F)cc1. The van der Waals surface area contributed by atoms with Gasteiger partial charge in [-0.25, -0.2) is 13.6 Å². The maximum atomic E-state index is 14.2. The molecule has 1 fully saturated rings. The van der Waals surface area contributed by atoms with Crippen LogP contribution in [0.25, 0.3) is 0 Å². The van der Waals surface area contributed by atoms with Crippen molar-refractivity contribution in [3.8, 4) is 5.88 Å². The normalized spacial score (nSPS) is 19.9. The fourth-order valence-electron chi connectivity index (χ4n) is 5.54. The maximum absolute atomic E-state index is 14.2. The predicted molar refractivity (Wildman–Crippen MR) is 128 cm³/mol. The highest BCUT2D eigenvalue weighted by Crippen LogP contribution is 2.48. The topological polar surface area (TPSA) is 64.5 Å². The molecule has 1 aromatic heterocycles. The summed E-state index contributed by atoms with van der Waals surface area (Å²) in [6, 6.07) is 11.8. The lowest BCUT2D eigenvalue weighted by molar-refractivity contribution is 0.193. The number of aromatic amines is 1. The molecule has 0 spiro atoms. The number of anilines is 2. The highest BCUT2D eigenvalue weighted by molar-refractivity contribution is 5.73. The van der Waals surface area contributed by atoms with Crippen LogP contribution in [-0.4, -0.2) is 45.2 Å². The van der Waals surface area contributed by atoms with Gasteiger partial charge < -0.3 is 19.9 Å². The molecular formula is C26H30F2N4O2. The van der Waals surface area contributed by atoms with Crippen molar-refractivity contribution in [2.45, 2.75) is 50.6 Å². The summed E-state index contributed by atoms with van der Waals surface area (Å²) in [6.07, 6.45) is 6.23. The Balaban J connectivity index is 1.18. The van der Waals surface area contributed by atoms with E-state index in [1.165, 1.54) is 29.0 Å². The van der Waals surface area contributed by atoms with Gasteiger partial charge in [0, 0.05) is 43.0 Å². The Morgan fingerprint density at radius 3 is 2.44 bits per heavy atom. The lowest BCUT2D eigenvalue weighted by Crippen LogP contribution is -2.45. The predicted octanol–water partition coefficient (Wildman–Crippen LogP) is 4.73. The van der Waals surface area contributed by atoms with Crippen LogP contribution < -0.4 is 10.6 Å². The first-order valence-corrected chi connectivity index (χ1v) is 12.0. The maximum Gasteiger partial charge on any atom is 0.328 e. The molecule has 180 valence electrons. The third-order valence-electron chi connectivity index (χ3n) is 7.20. The van der Waals surface area contributed by atoms with Crippen molar-refractivity contribution in [1.82, 2.24) is 14.5 Å². The molecule has 2 N–H and O–H groups in total. The van der Waals surface area contributed by atoms with Gasteiger partial charge in [-0.3, -0.25) is 4.57 Å². The molecule has 0 aliphatic carbocycles. The van der Waals surface area contributed by atoms with Crippen molar-refractivity contribution in [3.05, 3.63) is 76.3 Å². The number of aromatic nitrogens is 2. The first-order chi connectivity index (χ1) is 16.5. The second kappa shape index (κ2) is 9.62. The minimum Gasteiger partial charge on any atom is -0.493 e. The third kappa shape index (κ3) is 4.46. The zero-order chi connectivity index (χ0) is 23.7. The number of hydrogen-bond donors (Lipinski definition) is 2. The summed E-state index contributed by atoms with van der Waals surface area (Å²) in [6.45, 7) is 3.36. The van der Waals surface area contributed by atoms with E-state index in [4.69, 9.17) is 0 Å². The molecule has 3 heterocycles. The standard InChI is InChI=1S/C26H30F2N4O2/c27-18-5-8-20(9-6-18)32-23-10-7-19(28)15-21(23)22-17-30(14-11-24(22)32)12-3-1-2-4-13-31-25(33)16-29-26(31)34/h5-10,15-16,22,24,33H,1-4,11-14,17H2,(H,29,34). The van der Waals surface area contributed by atoms with Crippen molar-refractivity contribution < 1.29 is 13.9 Å². The lowest BCUT2D eigenvalue weighted by Gasteiger charge is -2.39. The minimum atomic E-state index is -0.275. The molecule has 2 unspecified atom stereocenters. The average molecular weight is 469 g/mol. The van der Waals surface area contributed by atoms with E-state index in [9.17, 15) is 18.7 Å². The van der Waals surface area contributed by atoms with Crippen LogP contribution >= 0.6 is 0 Å². The zero-order valence-corrected chi connectivity index (χ0v) is 19.1. The van der Waals surface area contributed by atoms with E-state index in [0.717, 1.165) is 68.7 Å². The van der Waals surface area contributed by atoms with E-state index in [2.05, 4.69) is 14.8 Å². The number of nitrogens with one attached hydrogen (secondary N) is 1. The van der Waals surface area contributed by atoms with Crippen LogP contribution in [0.3, 0.4) is 0 Å². The molecule has 0 amide bonds. The van der Waals surface area contributed by atoms with Gasteiger partial charge in [0.2, 0.25) is 5.88 Å². The highest BCUT2D eigenvalue weighted by atomic mass is 19.1. The summed E-state index contributed by atoms with van der Waals surface area (Å²) in [5.74, 6) is -0.280. The Morgan fingerprint density at radius 1 is 0.971 bits per heavy atom. The van der Waals surface area contributed by atoms with E-state index >= 15 is 0 Å². The Bertz CT molecular complexity index is 1190. The first kappa shape index (κ1) is 22.7. The Hall–Kier alpha value is -3.13. The van der Waals surface area contributed by atoms with E-state index in [1.807, 2.05) is 6.07 Å². The monoisotopic (exact) mass is 468 g/mol. The van der Waals surface area contributed by atoms with Crippen molar-refractivity contribution >= 4 is 11.4 Å². The Kier molecular flexibility index (Phi) is 6.41. The number of aromatic hydroxyl groups is 1. The largest absolute Gasteiger partial charge is 0.493 e. The molecule has 2 aromatic carbocycles. The van der Waals surface area contributed by atoms with Gasteiger partial charge in [0.15, 0.2) is 0 Å². The van der Waals surface area contributed by atoms with E-state index < -0.39 is 0 Å². The number of hydrogen-bond acceptors (Lipinski definition) is 4. The molecule has 34 heavy (non-hydrogen) atoms. The molecule has 2 aliphatic rings. The second-order valence-corrected chi connectivity index (χ2v) is 9.33. The molecule has 3 aromatic rings. The summed E-state index contributed by atoms with van der Waals surface area (Å²) in [5.41, 5.74) is 2.73. The Morgan fingerprint density at radius 2 is 1.71 bits per heavy atom. The van der Waals surface area contributed by atoms with Gasteiger partial charge >= 0.3 is 5.69 Å². The van der Waals surface area contributed by atoms with Crippen molar-refractivity contribution in [2.24, 2.45) is 0 Å². The fourth-order valence-corrected chi connectivity index (χ4v) is 5.54. The smallest absolute Gasteiger partial charge is 0.328 e. The average Bonchev–Trinajstić information content (AvgIpc) is 3.32. The van der Waals surface area contributed by atoms with Crippen LogP contribution in [-0.2, 0) is 6.54 Å². The fraction of sp³-hybridized carbons (Fsp3) is 0.423. The van der Waals surface area contributed by atoms with Gasteiger partial charge in [-0.1, -0.05) is 12.8 Å². The van der Waals surface area contributed by atoms with E-state index in [-0.39, 0.29) is 35.2 Å². The molecule has 0 radical (unpaired) electrons. The number of halogens is 2. The summed E-state index contributed by atoms with van der Waals surface area (Å²) in [5, 5.41) is 9.65. The number of imidazole rings is 1. The van der Waals surface area contributed by atoms with Crippen LogP contribution in [0, 0.1) is 11.6 Å². The number of H-pyrrole nitrogens is 1. The Labute approximate surface area is 197 Å². The molecule has 0 bridgehead atoms. The number of fused-ring (bicyclic) bond motifs is 3. The molecule has 2 atom stereocenters. The van der Waals surface area contributed by atoms with E-state index in [1.54, 1.807) is 18.2 Å². The molecule has 8 heteroatoms. The first-order valence-electron chi connectivity index (χ1n) is 12.0. The zero-order valence-electron chi connectivity index (χ0n) is 19.1. The van der Waals surface area contributed by atoms with Gasteiger partial charge in [0.05, 0.1) is 6.20 Å². The van der Waals surface area contributed by atoms with Gasteiger partial charge in [-0.15, -0.1) is 0 Å². The van der Waals surface area contributed by atoms with Gasteiger partial charge in [0.1, 0.15) is 11.6 Å². The van der Waals surface area contributed by atoms with Gasteiger partial charge in [-0.2, -0.15) is 0 Å². The van der Waals surface area contributed by atoms with Gasteiger partial charge in [-0.05, 0) is 73.8 Å². The van der Waals surface area contributed by atoms with Gasteiger partial charge in [0.25, 0.3) is 0 Å².